The number of ether oxygens (including phenoxy) is 1. The normalized spacial score (nSPS) is 12.2. The van der Waals surface area contributed by atoms with Crippen LogP contribution in [0.5, 0.6) is 5.75 Å². The molecule has 0 saturated heterocycles. The van der Waals surface area contributed by atoms with Gasteiger partial charge in [-0.25, -0.2) is 8.78 Å². The number of hydrogen-bond acceptors (Lipinski definition) is 3. The molecule has 1 unspecified atom stereocenters. The van der Waals surface area contributed by atoms with Crippen molar-refractivity contribution in [3.05, 3.63) is 59.4 Å². The molecule has 126 valence electrons. The molecule has 0 aliphatic carbocycles. The number of hydrogen-bond donors (Lipinski definition) is 1. The van der Waals surface area contributed by atoms with Crippen LogP contribution in [0.3, 0.4) is 0 Å². The predicted octanol–water partition coefficient (Wildman–Crippen LogP) is 4.33. The van der Waals surface area contributed by atoms with E-state index in [2.05, 4.69) is 9.72 Å². The van der Waals surface area contributed by atoms with Gasteiger partial charge < -0.3 is 10.5 Å². The van der Waals surface area contributed by atoms with Gasteiger partial charge >= 0.3 is 6.36 Å². The van der Waals surface area contributed by atoms with E-state index in [0.717, 1.165) is 24.3 Å². The summed E-state index contributed by atoms with van der Waals surface area (Å²) in [5.41, 5.74) is 5.66. The standard InChI is InChI=1S/C13H9F5N2O.C2H6/c14-8-2-1-5-20-12(8)11(19)7-3-4-10(9(15)6-7)21-13(16,17)18;1-2/h1-6,11H,19H2;1-2H3. The molecule has 0 saturated carbocycles. The Kier molecular flexibility index (Phi) is 6.44. The Hall–Kier alpha value is -2.22. The first-order valence-electron chi connectivity index (χ1n) is 6.69. The van der Waals surface area contributed by atoms with Crippen LogP contribution in [0.15, 0.2) is 36.5 Å². The number of benzene rings is 1. The molecule has 1 aromatic carbocycles. The molecule has 2 aromatic rings. The maximum Gasteiger partial charge on any atom is 0.573 e. The van der Waals surface area contributed by atoms with Crippen LogP contribution >= 0.6 is 0 Å². The van der Waals surface area contributed by atoms with Crippen molar-refractivity contribution in [2.45, 2.75) is 26.3 Å². The Labute approximate surface area is 129 Å². The highest BCUT2D eigenvalue weighted by atomic mass is 19.4. The minimum Gasteiger partial charge on any atom is -0.403 e. The van der Waals surface area contributed by atoms with E-state index >= 15 is 0 Å². The quantitative estimate of drug-likeness (QED) is 0.850. The van der Waals surface area contributed by atoms with Crippen LogP contribution in [0, 0.1) is 11.6 Å². The van der Waals surface area contributed by atoms with Gasteiger partial charge in [0.2, 0.25) is 0 Å². The SMILES string of the molecule is CC.NC(c1ccc(OC(F)(F)F)c(F)c1)c1ncccc1F. The summed E-state index contributed by atoms with van der Waals surface area (Å²) in [7, 11) is 0. The molecule has 1 atom stereocenters. The highest BCUT2D eigenvalue weighted by Crippen LogP contribution is 2.29. The molecule has 2 N–H and O–H groups in total. The fourth-order valence-electron chi connectivity index (χ4n) is 1.70. The van der Waals surface area contributed by atoms with Gasteiger partial charge in [-0.1, -0.05) is 19.9 Å². The average molecular weight is 334 g/mol. The summed E-state index contributed by atoms with van der Waals surface area (Å²) >= 11 is 0. The van der Waals surface area contributed by atoms with E-state index in [4.69, 9.17) is 5.73 Å². The number of pyridine rings is 1. The number of halogens is 5. The Balaban J connectivity index is 0.00000127. The maximum atomic E-state index is 13.6. The molecule has 0 bridgehead atoms. The maximum absolute atomic E-state index is 13.6. The van der Waals surface area contributed by atoms with Crippen LogP contribution in [0.4, 0.5) is 22.0 Å². The molecule has 0 aliphatic heterocycles. The van der Waals surface area contributed by atoms with Gasteiger partial charge in [0.1, 0.15) is 5.82 Å². The molecule has 1 heterocycles. The number of aromatic nitrogens is 1. The summed E-state index contributed by atoms with van der Waals surface area (Å²) in [5.74, 6) is -2.93. The van der Waals surface area contributed by atoms with Gasteiger partial charge in [-0.3, -0.25) is 4.98 Å². The van der Waals surface area contributed by atoms with E-state index in [9.17, 15) is 22.0 Å². The number of nitrogens with zero attached hydrogens (tertiary/aromatic N) is 1. The largest absolute Gasteiger partial charge is 0.573 e. The van der Waals surface area contributed by atoms with E-state index in [0.29, 0.717) is 0 Å². The predicted molar refractivity (Wildman–Crippen MR) is 74.7 cm³/mol. The second kappa shape index (κ2) is 7.87. The third-order valence-corrected chi connectivity index (χ3v) is 2.62. The summed E-state index contributed by atoms with van der Waals surface area (Å²) < 4.78 is 66.6. The smallest absolute Gasteiger partial charge is 0.403 e. The van der Waals surface area contributed by atoms with Crippen molar-refractivity contribution in [2.24, 2.45) is 5.73 Å². The summed E-state index contributed by atoms with van der Waals surface area (Å²) in [6.45, 7) is 4.00. The number of nitrogens with two attached hydrogens (primary N) is 1. The Morgan fingerprint density at radius 2 is 1.74 bits per heavy atom. The van der Waals surface area contributed by atoms with Crippen LogP contribution in [0.1, 0.15) is 31.1 Å². The zero-order valence-corrected chi connectivity index (χ0v) is 12.4. The van der Waals surface area contributed by atoms with Gasteiger partial charge in [-0.15, -0.1) is 13.2 Å². The molecule has 1 aromatic heterocycles. The summed E-state index contributed by atoms with van der Waals surface area (Å²) in [6, 6.07) is 4.01. The molecule has 0 radical (unpaired) electrons. The number of alkyl halides is 3. The second-order valence-corrected chi connectivity index (χ2v) is 4.09. The Morgan fingerprint density at radius 3 is 2.26 bits per heavy atom. The lowest BCUT2D eigenvalue weighted by Gasteiger charge is -2.14. The van der Waals surface area contributed by atoms with E-state index in [1.54, 1.807) is 0 Å². The van der Waals surface area contributed by atoms with E-state index in [1.165, 1.54) is 12.3 Å². The third kappa shape index (κ3) is 5.17. The van der Waals surface area contributed by atoms with E-state index in [1.807, 2.05) is 13.8 Å². The second-order valence-electron chi connectivity index (χ2n) is 4.09. The van der Waals surface area contributed by atoms with Gasteiger partial charge in [0.15, 0.2) is 11.6 Å². The first-order valence-corrected chi connectivity index (χ1v) is 6.69. The molecule has 0 aliphatic rings. The first-order chi connectivity index (χ1) is 10.8. The lowest BCUT2D eigenvalue weighted by atomic mass is 10.0. The van der Waals surface area contributed by atoms with Crippen LogP contribution in [0.25, 0.3) is 0 Å². The van der Waals surface area contributed by atoms with Gasteiger partial charge in [0.25, 0.3) is 0 Å². The molecule has 2 rings (SSSR count). The lowest BCUT2D eigenvalue weighted by molar-refractivity contribution is -0.275. The summed E-state index contributed by atoms with van der Waals surface area (Å²) in [4.78, 5) is 3.73. The van der Waals surface area contributed by atoms with Crippen LogP contribution in [0.2, 0.25) is 0 Å². The third-order valence-electron chi connectivity index (χ3n) is 2.62. The lowest BCUT2D eigenvalue weighted by Crippen LogP contribution is -2.19. The molecule has 8 heteroatoms. The topological polar surface area (TPSA) is 48.1 Å². The Bertz CT molecular complexity index is 646. The van der Waals surface area contributed by atoms with Crippen LogP contribution < -0.4 is 10.5 Å². The molecule has 23 heavy (non-hydrogen) atoms. The monoisotopic (exact) mass is 334 g/mol. The molecule has 3 nitrogen and oxygen atoms in total. The van der Waals surface area contributed by atoms with E-state index < -0.39 is 29.8 Å². The minimum absolute atomic E-state index is 0.0691. The van der Waals surface area contributed by atoms with Crippen LogP contribution in [-0.2, 0) is 0 Å². The van der Waals surface area contributed by atoms with Gasteiger partial charge in [0.05, 0.1) is 11.7 Å². The zero-order chi connectivity index (χ0) is 17.6. The Morgan fingerprint density at radius 1 is 1.09 bits per heavy atom. The van der Waals surface area contributed by atoms with Crippen molar-refractivity contribution >= 4 is 0 Å². The summed E-state index contributed by atoms with van der Waals surface area (Å²) in [6.07, 6.45) is -3.70. The fourth-order valence-corrected chi connectivity index (χ4v) is 1.70. The zero-order valence-electron chi connectivity index (χ0n) is 12.4. The fraction of sp³-hybridized carbons (Fsp3) is 0.267. The van der Waals surface area contributed by atoms with Crippen molar-refractivity contribution in [1.82, 2.24) is 4.98 Å². The van der Waals surface area contributed by atoms with Crippen molar-refractivity contribution in [3.63, 3.8) is 0 Å². The van der Waals surface area contributed by atoms with E-state index in [-0.39, 0.29) is 11.3 Å². The highest BCUT2D eigenvalue weighted by Gasteiger charge is 2.32. The van der Waals surface area contributed by atoms with Crippen molar-refractivity contribution in [2.75, 3.05) is 0 Å². The molecule has 0 spiro atoms. The average Bonchev–Trinajstić information content (AvgIpc) is 2.50. The van der Waals surface area contributed by atoms with Crippen molar-refractivity contribution < 1.29 is 26.7 Å². The van der Waals surface area contributed by atoms with Crippen LogP contribution in [-0.4, -0.2) is 11.3 Å². The number of rotatable bonds is 3. The molecule has 0 amide bonds. The van der Waals surface area contributed by atoms with Gasteiger partial charge in [-0.2, -0.15) is 0 Å². The minimum atomic E-state index is -5.00. The molecular weight excluding hydrogens is 319 g/mol. The van der Waals surface area contributed by atoms with Crippen molar-refractivity contribution in [3.8, 4) is 5.75 Å². The molecule has 0 fully saturated rings. The molecular formula is C15H15F5N2O. The summed E-state index contributed by atoms with van der Waals surface area (Å²) in [5, 5.41) is 0. The van der Waals surface area contributed by atoms with Gasteiger partial charge in [0, 0.05) is 6.20 Å². The first kappa shape index (κ1) is 18.8. The van der Waals surface area contributed by atoms with Crippen molar-refractivity contribution in [1.29, 1.82) is 0 Å². The highest BCUT2D eigenvalue weighted by molar-refractivity contribution is 5.34. The van der Waals surface area contributed by atoms with Gasteiger partial charge in [-0.05, 0) is 29.8 Å².